The lowest BCUT2D eigenvalue weighted by molar-refractivity contribution is -0.124. The molecule has 0 N–H and O–H groups in total. The van der Waals surface area contributed by atoms with E-state index >= 15 is 0 Å². The Morgan fingerprint density at radius 3 is 1.31 bits per heavy atom. The van der Waals surface area contributed by atoms with Crippen molar-refractivity contribution >= 4 is 62.0 Å². The highest BCUT2D eigenvalue weighted by atomic mass is 32.1. The van der Waals surface area contributed by atoms with Crippen LogP contribution in [0.5, 0.6) is 0 Å². The zero-order chi connectivity index (χ0) is 35.2. The van der Waals surface area contributed by atoms with E-state index in [2.05, 4.69) is 114 Å². The van der Waals surface area contributed by atoms with Crippen LogP contribution >= 0.6 is 22.7 Å². The number of rotatable bonds is 14. The van der Waals surface area contributed by atoms with Gasteiger partial charge < -0.3 is 9.80 Å². The Balaban J connectivity index is 1.93. The van der Waals surface area contributed by atoms with Gasteiger partial charge in [-0.2, -0.15) is 0 Å². The number of amides is 2. The summed E-state index contributed by atoms with van der Waals surface area (Å²) in [6.45, 7) is 23.6. The Bertz CT molecular complexity index is 1550. The van der Waals surface area contributed by atoms with Crippen LogP contribution in [-0.4, -0.2) is 50.9 Å². The first kappa shape index (κ1) is 38.2. The van der Waals surface area contributed by atoms with Gasteiger partial charge in [0, 0.05) is 13.1 Å². The first-order valence-corrected chi connectivity index (χ1v) is 26.7. The molecule has 0 radical (unpaired) electrons. The van der Waals surface area contributed by atoms with Crippen LogP contribution in [0.15, 0.2) is 35.4 Å². The molecule has 0 fully saturated rings. The molecule has 4 heterocycles. The zero-order valence-corrected chi connectivity index (χ0v) is 34.7. The molecule has 2 aliphatic heterocycles. The van der Waals surface area contributed by atoms with Gasteiger partial charge in [0.25, 0.3) is 11.8 Å². The standard InChI is InChI=1S/C40H56N2O2S2Si2/c1-11-15-17-29(13-3)27-41-37(33-21-19-31(45-33)23-25-47(5,6)7)35-36(39(41)43)38(34-22-20-32(46-34)24-26-48(8,9)10)42(40(35)44)28-30(14-4)18-16-12-2/h19-22,29-30H,11-18,27-28H2,1-10H3. The van der Waals surface area contributed by atoms with Crippen LogP contribution in [0.25, 0.3) is 11.4 Å². The minimum Gasteiger partial charge on any atom is -0.306 e. The summed E-state index contributed by atoms with van der Waals surface area (Å²) in [6.07, 6.45) is 8.66. The monoisotopic (exact) mass is 716 g/mol. The van der Waals surface area contributed by atoms with Gasteiger partial charge in [0.15, 0.2) is 0 Å². The summed E-state index contributed by atoms with van der Waals surface area (Å²) >= 11 is 3.23. The molecule has 8 heteroatoms. The predicted octanol–water partition coefficient (Wildman–Crippen LogP) is 10.5. The second kappa shape index (κ2) is 16.4. The van der Waals surface area contributed by atoms with Crippen molar-refractivity contribution in [2.75, 3.05) is 13.1 Å². The second-order valence-corrected chi connectivity index (χ2v) is 27.1. The van der Waals surface area contributed by atoms with Crippen molar-refractivity contribution < 1.29 is 9.59 Å². The molecule has 0 saturated heterocycles. The lowest BCUT2D eigenvalue weighted by Gasteiger charge is -2.29. The number of hydrogen-bond acceptors (Lipinski definition) is 4. The zero-order valence-electron chi connectivity index (χ0n) is 31.1. The smallest absolute Gasteiger partial charge is 0.261 e. The van der Waals surface area contributed by atoms with Gasteiger partial charge >= 0.3 is 0 Å². The second-order valence-electron chi connectivity index (χ2n) is 15.4. The van der Waals surface area contributed by atoms with Crippen molar-refractivity contribution in [1.29, 1.82) is 0 Å². The highest BCUT2D eigenvalue weighted by Crippen LogP contribution is 2.49. The molecule has 48 heavy (non-hydrogen) atoms. The molecule has 4 rings (SSSR count). The average molecular weight is 717 g/mol. The van der Waals surface area contributed by atoms with Gasteiger partial charge in [0.1, 0.15) is 16.1 Å². The number of fused-ring (bicyclic) bond motifs is 1. The van der Waals surface area contributed by atoms with E-state index in [0.29, 0.717) is 36.1 Å². The van der Waals surface area contributed by atoms with E-state index in [0.717, 1.165) is 82.3 Å². The Morgan fingerprint density at radius 1 is 0.625 bits per heavy atom. The van der Waals surface area contributed by atoms with Crippen molar-refractivity contribution in [3.8, 4) is 22.9 Å². The van der Waals surface area contributed by atoms with Crippen LogP contribution in [0, 0.1) is 34.8 Å². The number of carbonyl (C=O) groups excluding carboxylic acids is 2. The summed E-state index contributed by atoms with van der Waals surface area (Å²) in [5.41, 5.74) is 9.74. The third kappa shape index (κ3) is 9.33. The molecule has 258 valence electrons. The van der Waals surface area contributed by atoms with Crippen LogP contribution in [0.4, 0.5) is 0 Å². The largest absolute Gasteiger partial charge is 0.306 e. The summed E-state index contributed by atoms with van der Waals surface area (Å²) in [4.78, 5) is 37.5. The average Bonchev–Trinajstić information content (AvgIpc) is 3.80. The summed E-state index contributed by atoms with van der Waals surface area (Å²) in [7, 11) is -3.13. The number of nitrogens with zero attached hydrogens (tertiary/aromatic N) is 2. The molecule has 2 atom stereocenters. The Labute approximate surface area is 301 Å². The van der Waals surface area contributed by atoms with E-state index in [4.69, 9.17) is 0 Å². The van der Waals surface area contributed by atoms with Crippen molar-refractivity contribution in [2.24, 2.45) is 11.8 Å². The third-order valence-electron chi connectivity index (χ3n) is 8.95. The molecular weight excluding hydrogens is 661 g/mol. The molecule has 0 bridgehead atoms. The van der Waals surface area contributed by atoms with Gasteiger partial charge in [-0.15, -0.1) is 33.8 Å². The summed E-state index contributed by atoms with van der Waals surface area (Å²) in [6, 6.07) is 8.30. The first-order chi connectivity index (χ1) is 22.7. The van der Waals surface area contributed by atoms with Crippen LogP contribution < -0.4 is 0 Å². The van der Waals surface area contributed by atoms with Crippen molar-refractivity contribution in [3.05, 3.63) is 54.9 Å². The maximum Gasteiger partial charge on any atom is 0.261 e. The molecule has 2 aromatic rings. The number of carbonyl (C=O) groups is 2. The Hall–Kier alpha value is -2.63. The van der Waals surface area contributed by atoms with E-state index in [1.54, 1.807) is 22.7 Å². The molecule has 0 aromatic carbocycles. The third-order valence-corrected chi connectivity index (χ3v) is 12.7. The summed E-state index contributed by atoms with van der Waals surface area (Å²) in [5.74, 6) is 7.50. The predicted molar refractivity (Wildman–Crippen MR) is 213 cm³/mol. The fourth-order valence-electron chi connectivity index (χ4n) is 6.17. The topological polar surface area (TPSA) is 40.6 Å². The maximum atomic E-state index is 14.8. The molecule has 2 aromatic heterocycles. The van der Waals surface area contributed by atoms with E-state index in [1.165, 1.54) is 0 Å². The fraction of sp³-hybridized carbons (Fsp3) is 0.550. The summed E-state index contributed by atoms with van der Waals surface area (Å²) < 4.78 is 0. The lowest BCUT2D eigenvalue weighted by atomic mass is 9.98. The van der Waals surface area contributed by atoms with Crippen LogP contribution in [0.3, 0.4) is 0 Å². The normalized spacial score (nSPS) is 16.3. The first-order valence-electron chi connectivity index (χ1n) is 18.1. The van der Waals surface area contributed by atoms with Gasteiger partial charge in [-0.3, -0.25) is 9.59 Å². The Morgan fingerprint density at radius 2 is 1.00 bits per heavy atom. The Kier molecular flexibility index (Phi) is 13.0. The van der Waals surface area contributed by atoms with Crippen LogP contribution in [0.2, 0.25) is 39.3 Å². The van der Waals surface area contributed by atoms with Gasteiger partial charge in [-0.25, -0.2) is 0 Å². The lowest BCUT2D eigenvalue weighted by Crippen LogP contribution is -2.34. The van der Waals surface area contributed by atoms with Gasteiger partial charge in [0.2, 0.25) is 0 Å². The molecule has 0 saturated carbocycles. The molecular formula is C40H56N2O2S2Si2. The molecule has 2 amide bonds. The number of unbranched alkanes of at least 4 members (excludes halogenated alkanes) is 2. The summed E-state index contributed by atoms with van der Waals surface area (Å²) in [5, 5.41) is 0. The molecule has 0 aliphatic carbocycles. The van der Waals surface area contributed by atoms with Gasteiger partial charge in [-0.05, 0) is 48.9 Å². The molecule has 4 nitrogen and oxygen atoms in total. The maximum absolute atomic E-state index is 14.8. The quantitative estimate of drug-likeness (QED) is 0.144. The highest BCUT2D eigenvalue weighted by Gasteiger charge is 2.50. The van der Waals surface area contributed by atoms with Crippen LogP contribution in [-0.2, 0) is 9.59 Å². The highest BCUT2D eigenvalue weighted by molar-refractivity contribution is 7.14. The minimum absolute atomic E-state index is 0.0336. The molecule has 0 spiro atoms. The number of thiophene rings is 2. The molecule has 2 unspecified atom stereocenters. The molecule has 2 aliphatic rings. The van der Waals surface area contributed by atoms with E-state index in [1.807, 2.05) is 9.80 Å². The van der Waals surface area contributed by atoms with Crippen molar-refractivity contribution in [3.63, 3.8) is 0 Å². The minimum atomic E-state index is -1.56. The fourth-order valence-corrected chi connectivity index (χ4v) is 9.21. The van der Waals surface area contributed by atoms with Gasteiger partial charge in [-0.1, -0.05) is 117 Å². The van der Waals surface area contributed by atoms with Crippen LogP contribution in [0.1, 0.15) is 98.6 Å². The van der Waals surface area contributed by atoms with Crippen molar-refractivity contribution in [1.82, 2.24) is 9.80 Å². The van der Waals surface area contributed by atoms with Gasteiger partial charge in [0.05, 0.1) is 42.0 Å². The van der Waals surface area contributed by atoms with E-state index in [9.17, 15) is 9.59 Å². The van der Waals surface area contributed by atoms with Crippen molar-refractivity contribution in [2.45, 2.75) is 118 Å². The van der Waals surface area contributed by atoms with E-state index < -0.39 is 16.1 Å². The van der Waals surface area contributed by atoms with E-state index in [-0.39, 0.29) is 11.8 Å². The number of hydrogen-bond donors (Lipinski definition) is 0. The SMILES string of the molecule is CCCCC(CC)CN1C(=O)C2=C(c3ccc(C#C[Si](C)(C)C)s3)N(CC(CC)CCCC)C(=O)C2=C1c1ccc(C#C[Si](C)(C)C)s1.